The average molecular weight is 267 g/mol. The van der Waals surface area contributed by atoms with Crippen molar-refractivity contribution in [3.63, 3.8) is 0 Å². The Morgan fingerprint density at radius 2 is 1.11 bits per heavy atom. The molecule has 0 fully saturated rings. The van der Waals surface area contributed by atoms with Crippen LogP contribution < -0.4 is 0 Å². The second-order valence-electron chi connectivity index (χ2n) is 6.41. The van der Waals surface area contributed by atoms with Gasteiger partial charge >= 0.3 is 0 Å². The normalized spacial score (nSPS) is 11.8. The zero-order chi connectivity index (χ0) is 14.2. The fraction of sp³-hybridized carbons (Fsp3) is 0.895. The lowest BCUT2D eigenvalue weighted by Gasteiger charge is -2.02. The SMILES string of the molecule is CCCCCCCCCC/C=C/CCCCC(C)C. The fourth-order valence-electron chi connectivity index (χ4n) is 2.45. The minimum absolute atomic E-state index is 0.876. The average Bonchev–Trinajstić information content (AvgIpc) is 2.39. The Labute approximate surface area is 123 Å². The monoisotopic (exact) mass is 266 g/mol. The van der Waals surface area contributed by atoms with Gasteiger partial charge in [-0.05, 0) is 31.6 Å². The predicted molar refractivity (Wildman–Crippen MR) is 89.7 cm³/mol. The molecule has 0 aromatic rings. The summed E-state index contributed by atoms with van der Waals surface area (Å²) < 4.78 is 0. The van der Waals surface area contributed by atoms with E-state index in [1.165, 1.54) is 83.5 Å². The molecule has 19 heavy (non-hydrogen) atoms. The summed E-state index contributed by atoms with van der Waals surface area (Å²) in [4.78, 5) is 0. The summed E-state index contributed by atoms with van der Waals surface area (Å²) in [7, 11) is 0. The van der Waals surface area contributed by atoms with Crippen LogP contribution in [0.3, 0.4) is 0 Å². The van der Waals surface area contributed by atoms with E-state index >= 15 is 0 Å². The second kappa shape index (κ2) is 15.8. The zero-order valence-electron chi connectivity index (χ0n) is 13.9. The first-order valence-electron chi connectivity index (χ1n) is 8.92. The van der Waals surface area contributed by atoms with Crippen molar-refractivity contribution < 1.29 is 0 Å². The van der Waals surface area contributed by atoms with Gasteiger partial charge in [-0.25, -0.2) is 0 Å². The third-order valence-electron chi connectivity index (χ3n) is 3.79. The van der Waals surface area contributed by atoms with Gasteiger partial charge in [0.05, 0.1) is 0 Å². The van der Waals surface area contributed by atoms with Crippen molar-refractivity contribution in [2.75, 3.05) is 0 Å². The van der Waals surface area contributed by atoms with E-state index in [9.17, 15) is 0 Å². The van der Waals surface area contributed by atoms with Gasteiger partial charge in [-0.2, -0.15) is 0 Å². The van der Waals surface area contributed by atoms with Crippen molar-refractivity contribution in [1.82, 2.24) is 0 Å². The van der Waals surface area contributed by atoms with Crippen LogP contribution in [-0.2, 0) is 0 Å². The van der Waals surface area contributed by atoms with Crippen molar-refractivity contribution in [3.8, 4) is 0 Å². The second-order valence-corrected chi connectivity index (χ2v) is 6.41. The summed E-state index contributed by atoms with van der Waals surface area (Å²) in [6.07, 6.45) is 23.0. The number of rotatable bonds is 14. The topological polar surface area (TPSA) is 0 Å². The first kappa shape index (κ1) is 18.7. The molecule has 0 aliphatic carbocycles. The van der Waals surface area contributed by atoms with Crippen LogP contribution >= 0.6 is 0 Å². The van der Waals surface area contributed by atoms with Gasteiger partial charge in [-0.15, -0.1) is 0 Å². The summed E-state index contributed by atoms with van der Waals surface area (Å²) in [6.45, 7) is 6.92. The molecule has 0 atom stereocenters. The van der Waals surface area contributed by atoms with Crippen molar-refractivity contribution in [1.29, 1.82) is 0 Å². The Kier molecular flexibility index (Phi) is 15.6. The molecule has 0 radical (unpaired) electrons. The molecule has 0 amide bonds. The number of hydrogen-bond acceptors (Lipinski definition) is 0. The summed E-state index contributed by atoms with van der Waals surface area (Å²) in [5.74, 6) is 0.876. The summed E-state index contributed by atoms with van der Waals surface area (Å²) >= 11 is 0. The molecular weight excluding hydrogens is 228 g/mol. The summed E-state index contributed by atoms with van der Waals surface area (Å²) in [5.41, 5.74) is 0. The van der Waals surface area contributed by atoms with E-state index in [-0.39, 0.29) is 0 Å². The first-order chi connectivity index (χ1) is 9.27. The van der Waals surface area contributed by atoms with Gasteiger partial charge in [0.15, 0.2) is 0 Å². The molecule has 0 rings (SSSR count). The lowest BCUT2D eigenvalue weighted by molar-refractivity contribution is 0.540. The minimum Gasteiger partial charge on any atom is -0.0885 e. The third kappa shape index (κ3) is 17.7. The number of allylic oxidation sites excluding steroid dienone is 2. The molecule has 0 heterocycles. The number of unbranched alkanes of at least 4 members (excludes halogenated alkanes) is 10. The standard InChI is InChI=1S/C19H38/c1-4-5-6-7-8-9-10-11-12-13-14-15-16-17-18-19(2)3/h13-14,19H,4-12,15-18H2,1-3H3/b14-13+. The van der Waals surface area contributed by atoms with E-state index in [0.717, 1.165) is 5.92 Å². The minimum atomic E-state index is 0.876. The zero-order valence-corrected chi connectivity index (χ0v) is 13.9. The third-order valence-corrected chi connectivity index (χ3v) is 3.79. The molecule has 0 aliphatic heterocycles. The van der Waals surface area contributed by atoms with Crippen molar-refractivity contribution in [2.45, 2.75) is 104 Å². The van der Waals surface area contributed by atoms with E-state index in [1.54, 1.807) is 0 Å². The lowest BCUT2D eigenvalue weighted by Crippen LogP contribution is -1.85. The maximum absolute atomic E-state index is 2.41. The van der Waals surface area contributed by atoms with Crippen LogP contribution in [0.25, 0.3) is 0 Å². The molecule has 0 bridgehead atoms. The van der Waals surface area contributed by atoms with Gasteiger partial charge in [-0.3, -0.25) is 0 Å². The van der Waals surface area contributed by atoms with Crippen molar-refractivity contribution >= 4 is 0 Å². The molecule has 0 unspecified atom stereocenters. The van der Waals surface area contributed by atoms with Crippen LogP contribution in [0.5, 0.6) is 0 Å². The fourth-order valence-corrected chi connectivity index (χ4v) is 2.45. The number of hydrogen-bond donors (Lipinski definition) is 0. The van der Waals surface area contributed by atoms with Gasteiger partial charge in [0.1, 0.15) is 0 Å². The van der Waals surface area contributed by atoms with E-state index in [0.29, 0.717) is 0 Å². The van der Waals surface area contributed by atoms with Crippen LogP contribution in [0.4, 0.5) is 0 Å². The van der Waals surface area contributed by atoms with Gasteiger partial charge in [0, 0.05) is 0 Å². The molecule has 0 saturated heterocycles. The molecule has 0 saturated carbocycles. The van der Waals surface area contributed by atoms with Crippen LogP contribution in [0.2, 0.25) is 0 Å². The molecule has 0 aliphatic rings. The molecule has 0 spiro atoms. The largest absolute Gasteiger partial charge is 0.0885 e. The van der Waals surface area contributed by atoms with Gasteiger partial charge in [-0.1, -0.05) is 90.7 Å². The quantitative estimate of drug-likeness (QED) is 0.229. The Morgan fingerprint density at radius 1 is 0.632 bits per heavy atom. The highest BCUT2D eigenvalue weighted by Crippen LogP contribution is 2.11. The van der Waals surface area contributed by atoms with Gasteiger partial charge in [0.25, 0.3) is 0 Å². The first-order valence-corrected chi connectivity index (χ1v) is 8.92. The molecular formula is C19H38. The van der Waals surface area contributed by atoms with E-state index in [2.05, 4.69) is 32.9 Å². The predicted octanol–water partition coefficient (Wildman–Crippen LogP) is 7.29. The highest BCUT2D eigenvalue weighted by Gasteiger charge is 1.92. The summed E-state index contributed by atoms with van der Waals surface area (Å²) in [5, 5.41) is 0. The van der Waals surface area contributed by atoms with Crippen LogP contribution in [0.1, 0.15) is 104 Å². The molecule has 0 heteroatoms. The smallest absolute Gasteiger partial charge is 0.0351 e. The molecule has 0 N–H and O–H groups in total. The van der Waals surface area contributed by atoms with E-state index < -0.39 is 0 Å². The molecule has 0 aromatic carbocycles. The summed E-state index contributed by atoms with van der Waals surface area (Å²) in [6, 6.07) is 0. The highest BCUT2D eigenvalue weighted by molar-refractivity contribution is 4.81. The molecule has 114 valence electrons. The van der Waals surface area contributed by atoms with Crippen LogP contribution in [-0.4, -0.2) is 0 Å². The maximum atomic E-state index is 2.41. The van der Waals surface area contributed by atoms with Crippen LogP contribution in [0, 0.1) is 5.92 Å². The van der Waals surface area contributed by atoms with Crippen molar-refractivity contribution in [3.05, 3.63) is 12.2 Å². The van der Waals surface area contributed by atoms with Crippen LogP contribution in [0.15, 0.2) is 12.2 Å². The van der Waals surface area contributed by atoms with Gasteiger partial charge < -0.3 is 0 Å². The maximum Gasteiger partial charge on any atom is -0.0351 e. The Bertz CT molecular complexity index is 178. The lowest BCUT2D eigenvalue weighted by atomic mass is 10.0. The molecule has 0 aromatic heterocycles. The Morgan fingerprint density at radius 3 is 1.63 bits per heavy atom. The van der Waals surface area contributed by atoms with Gasteiger partial charge in [0.2, 0.25) is 0 Å². The van der Waals surface area contributed by atoms with E-state index in [1.807, 2.05) is 0 Å². The molecule has 0 nitrogen and oxygen atoms in total. The van der Waals surface area contributed by atoms with Crippen molar-refractivity contribution in [2.24, 2.45) is 5.92 Å². The Hall–Kier alpha value is -0.260. The highest BCUT2D eigenvalue weighted by atomic mass is 14.0. The van der Waals surface area contributed by atoms with E-state index in [4.69, 9.17) is 0 Å². The Balaban J connectivity index is 3.04.